The highest BCUT2D eigenvalue weighted by molar-refractivity contribution is 7.92. The summed E-state index contributed by atoms with van der Waals surface area (Å²) in [4.78, 5) is 29.0. The van der Waals surface area contributed by atoms with Crippen LogP contribution in [0.4, 0.5) is 5.69 Å². The van der Waals surface area contributed by atoms with Crippen LogP contribution in [0, 0.1) is 6.92 Å². The Morgan fingerprint density at radius 2 is 1.70 bits per heavy atom. The second kappa shape index (κ2) is 14.5. The first-order valence-electron chi connectivity index (χ1n) is 14.3. The SMILES string of the molecule is COc1cccc(N(CC(=O)N(Cc2ccc(Cl)cc2Cl)[C@@H](C)C(=O)NC2CCCCC2)S(=O)(=O)c2ccc(C)cc2)c1. The first-order chi connectivity index (χ1) is 20.5. The first kappa shape index (κ1) is 32.6. The van der Waals surface area contributed by atoms with Crippen molar-refractivity contribution in [2.45, 2.75) is 69.5 Å². The van der Waals surface area contributed by atoms with Gasteiger partial charge in [-0.05, 0) is 68.7 Å². The maximum atomic E-state index is 14.2. The van der Waals surface area contributed by atoms with E-state index in [9.17, 15) is 18.0 Å². The summed E-state index contributed by atoms with van der Waals surface area (Å²) in [5.74, 6) is -0.449. The summed E-state index contributed by atoms with van der Waals surface area (Å²) < 4.78 is 34.4. The second-order valence-electron chi connectivity index (χ2n) is 10.8. The van der Waals surface area contributed by atoms with Crippen LogP contribution in [0.5, 0.6) is 5.75 Å². The fraction of sp³-hybridized carbons (Fsp3) is 0.375. The minimum absolute atomic E-state index is 0.0232. The molecule has 0 spiro atoms. The number of hydrogen-bond acceptors (Lipinski definition) is 5. The van der Waals surface area contributed by atoms with E-state index in [0.717, 1.165) is 42.0 Å². The number of nitrogens with one attached hydrogen (secondary N) is 1. The molecule has 230 valence electrons. The Bertz CT molecular complexity index is 1540. The standard InChI is InChI=1S/C32H37Cl2N3O5S/c1-22-12-16-29(17-13-22)43(40,41)37(27-10-7-11-28(19-27)42-3)21-31(38)36(20-24-14-15-25(33)18-30(24)34)23(2)32(39)35-26-8-5-4-6-9-26/h7,10-19,23,26H,4-6,8-9,20-21H2,1-3H3,(H,35,39)/t23-/m0/s1. The molecule has 11 heteroatoms. The molecular weight excluding hydrogens is 609 g/mol. The lowest BCUT2D eigenvalue weighted by Gasteiger charge is -2.33. The van der Waals surface area contributed by atoms with Gasteiger partial charge in [0.05, 0.1) is 17.7 Å². The lowest BCUT2D eigenvalue weighted by molar-refractivity contribution is -0.139. The van der Waals surface area contributed by atoms with Gasteiger partial charge in [0.1, 0.15) is 18.3 Å². The molecule has 0 aromatic heterocycles. The third-order valence-corrected chi connectivity index (χ3v) is 10.1. The van der Waals surface area contributed by atoms with Crippen LogP contribution in [0.2, 0.25) is 10.0 Å². The van der Waals surface area contributed by atoms with Gasteiger partial charge in [0.15, 0.2) is 0 Å². The van der Waals surface area contributed by atoms with E-state index in [-0.39, 0.29) is 29.1 Å². The monoisotopic (exact) mass is 645 g/mol. The first-order valence-corrected chi connectivity index (χ1v) is 16.5. The predicted molar refractivity (Wildman–Crippen MR) is 170 cm³/mol. The van der Waals surface area contributed by atoms with Gasteiger partial charge < -0.3 is 15.0 Å². The van der Waals surface area contributed by atoms with Crippen LogP contribution in [-0.4, -0.2) is 50.9 Å². The lowest BCUT2D eigenvalue weighted by atomic mass is 9.95. The fourth-order valence-electron chi connectivity index (χ4n) is 5.12. The number of amides is 2. The molecule has 43 heavy (non-hydrogen) atoms. The molecule has 0 unspecified atom stereocenters. The van der Waals surface area contributed by atoms with Gasteiger partial charge in [-0.2, -0.15) is 0 Å². The highest BCUT2D eigenvalue weighted by atomic mass is 35.5. The van der Waals surface area contributed by atoms with Crippen molar-refractivity contribution in [1.29, 1.82) is 0 Å². The molecule has 1 aliphatic rings. The second-order valence-corrected chi connectivity index (χ2v) is 13.5. The van der Waals surface area contributed by atoms with E-state index in [2.05, 4.69) is 5.32 Å². The molecule has 1 saturated carbocycles. The average Bonchev–Trinajstić information content (AvgIpc) is 2.99. The summed E-state index contributed by atoms with van der Waals surface area (Å²) in [6, 6.07) is 17.0. The van der Waals surface area contributed by atoms with Crippen molar-refractivity contribution in [2.24, 2.45) is 0 Å². The Morgan fingerprint density at radius 3 is 2.35 bits per heavy atom. The third-order valence-electron chi connectivity index (χ3n) is 7.70. The molecule has 8 nitrogen and oxygen atoms in total. The summed E-state index contributed by atoms with van der Waals surface area (Å²) in [6.45, 7) is 2.92. The minimum atomic E-state index is -4.19. The van der Waals surface area contributed by atoms with Crippen LogP contribution < -0.4 is 14.4 Å². The Labute approximate surface area is 264 Å². The smallest absolute Gasteiger partial charge is 0.264 e. The van der Waals surface area contributed by atoms with Gasteiger partial charge in [0.25, 0.3) is 10.0 Å². The molecule has 1 atom stereocenters. The summed E-state index contributed by atoms with van der Waals surface area (Å²) in [5.41, 5.74) is 1.72. The van der Waals surface area contributed by atoms with Crippen molar-refractivity contribution in [3.05, 3.63) is 87.9 Å². The Morgan fingerprint density at radius 1 is 1.00 bits per heavy atom. The maximum absolute atomic E-state index is 14.2. The van der Waals surface area contributed by atoms with Crippen molar-refractivity contribution < 1.29 is 22.7 Å². The zero-order chi connectivity index (χ0) is 31.1. The number of carbonyl (C=O) groups is 2. The Balaban J connectivity index is 1.71. The zero-order valence-electron chi connectivity index (χ0n) is 24.6. The van der Waals surface area contributed by atoms with Crippen LogP contribution >= 0.6 is 23.2 Å². The molecule has 1 aliphatic carbocycles. The van der Waals surface area contributed by atoms with E-state index < -0.39 is 28.5 Å². The number of methoxy groups -OCH3 is 1. The van der Waals surface area contributed by atoms with Gasteiger partial charge in [-0.1, -0.05) is 72.3 Å². The summed E-state index contributed by atoms with van der Waals surface area (Å²) in [7, 11) is -2.71. The topological polar surface area (TPSA) is 96.0 Å². The normalized spacial score (nSPS) is 14.5. The van der Waals surface area contributed by atoms with Gasteiger partial charge in [0.2, 0.25) is 11.8 Å². The van der Waals surface area contributed by atoms with Crippen LogP contribution in [0.3, 0.4) is 0 Å². The maximum Gasteiger partial charge on any atom is 0.264 e. The zero-order valence-corrected chi connectivity index (χ0v) is 26.9. The Kier molecular flexibility index (Phi) is 11.0. The number of aryl methyl sites for hydroxylation is 1. The van der Waals surface area contributed by atoms with E-state index in [4.69, 9.17) is 27.9 Å². The molecule has 0 saturated heterocycles. The van der Waals surface area contributed by atoms with E-state index in [0.29, 0.717) is 21.4 Å². The van der Waals surface area contributed by atoms with E-state index >= 15 is 0 Å². The molecule has 1 N–H and O–H groups in total. The highest BCUT2D eigenvalue weighted by Gasteiger charge is 2.33. The van der Waals surface area contributed by atoms with Crippen molar-refractivity contribution in [2.75, 3.05) is 18.0 Å². The molecule has 0 heterocycles. The van der Waals surface area contributed by atoms with Gasteiger partial charge in [-0.15, -0.1) is 0 Å². The number of nitrogens with zero attached hydrogens (tertiary/aromatic N) is 2. The number of ether oxygens (including phenoxy) is 1. The van der Waals surface area contributed by atoms with Crippen molar-refractivity contribution in [3.8, 4) is 5.75 Å². The van der Waals surface area contributed by atoms with E-state index in [1.807, 2.05) is 6.92 Å². The molecule has 4 rings (SSSR count). The summed E-state index contributed by atoms with van der Waals surface area (Å²) in [6.07, 6.45) is 4.97. The molecule has 3 aromatic carbocycles. The van der Waals surface area contributed by atoms with Crippen LogP contribution in [0.1, 0.15) is 50.2 Å². The average molecular weight is 647 g/mol. The van der Waals surface area contributed by atoms with Crippen LogP contribution in [-0.2, 0) is 26.2 Å². The fourth-order valence-corrected chi connectivity index (χ4v) is 6.99. The summed E-state index contributed by atoms with van der Waals surface area (Å²) in [5, 5.41) is 3.86. The largest absolute Gasteiger partial charge is 0.497 e. The molecule has 0 bridgehead atoms. The third kappa shape index (κ3) is 8.22. The van der Waals surface area contributed by atoms with Crippen molar-refractivity contribution in [3.63, 3.8) is 0 Å². The van der Waals surface area contributed by atoms with Gasteiger partial charge in [-0.3, -0.25) is 13.9 Å². The Hall–Kier alpha value is -3.27. The number of halogens is 2. The van der Waals surface area contributed by atoms with Gasteiger partial charge in [0, 0.05) is 28.7 Å². The lowest BCUT2D eigenvalue weighted by Crippen LogP contribution is -2.53. The number of sulfonamides is 1. The van der Waals surface area contributed by atoms with Crippen LogP contribution in [0.25, 0.3) is 0 Å². The molecule has 1 fully saturated rings. The molecule has 0 aliphatic heterocycles. The quantitative estimate of drug-likeness (QED) is 0.261. The van der Waals surface area contributed by atoms with Gasteiger partial charge in [-0.25, -0.2) is 8.42 Å². The number of carbonyl (C=O) groups excluding carboxylic acids is 2. The van der Waals surface area contributed by atoms with Crippen molar-refractivity contribution in [1.82, 2.24) is 10.2 Å². The predicted octanol–water partition coefficient (Wildman–Crippen LogP) is 6.37. The minimum Gasteiger partial charge on any atom is -0.497 e. The van der Waals surface area contributed by atoms with Crippen LogP contribution in [0.15, 0.2) is 71.6 Å². The number of rotatable bonds is 11. The number of anilines is 1. The van der Waals surface area contributed by atoms with Gasteiger partial charge >= 0.3 is 0 Å². The number of hydrogen-bond donors (Lipinski definition) is 1. The molecule has 2 amide bonds. The van der Waals surface area contributed by atoms with E-state index in [1.54, 1.807) is 61.5 Å². The molecule has 3 aromatic rings. The van der Waals surface area contributed by atoms with E-state index in [1.165, 1.54) is 24.1 Å². The highest BCUT2D eigenvalue weighted by Crippen LogP contribution is 2.29. The summed E-state index contributed by atoms with van der Waals surface area (Å²) >= 11 is 12.6. The molecular formula is C32H37Cl2N3O5S. The number of benzene rings is 3. The molecule has 0 radical (unpaired) electrons. The van der Waals surface area contributed by atoms with Crippen molar-refractivity contribution >= 4 is 50.7 Å².